The van der Waals surface area contributed by atoms with Crippen molar-refractivity contribution in [2.75, 3.05) is 13.2 Å². The van der Waals surface area contributed by atoms with Gasteiger partial charge in [0.2, 0.25) is 0 Å². The number of aromatic hydroxyl groups is 1. The molecule has 0 amide bonds. The lowest BCUT2D eigenvalue weighted by Gasteiger charge is -2.36. The monoisotopic (exact) mass is 281 g/mol. The lowest BCUT2D eigenvalue weighted by molar-refractivity contribution is 0.0787. The van der Waals surface area contributed by atoms with Crippen LogP contribution in [-0.2, 0) is 0 Å². The molecule has 0 saturated heterocycles. The summed E-state index contributed by atoms with van der Waals surface area (Å²) in [5, 5.41) is 22.2. The molecule has 112 valence electrons. The van der Waals surface area contributed by atoms with E-state index in [0.717, 1.165) is 31.7 Å². The van der Waals surface area contributed by atoms with E-state index >= 15 is 0 Å². The zero-order chi connectivity index (χ0) is 14.6. The van der Waals surface area contributed by atoms with Crippen LogP contribution < -0.4 is 5.32 Å². The summed E-state index contributed by atoms with van der Waals surface area (Å²) < 4.78 is 13.8. The molecule has 1 unspecified atom stereocenters. The van der Waals surface area contributed by atoms with Crippen LogP contribution in [0.4, 0.5) is 4.39 Å². The summed E-state index contributed by atoms with van der Waals surface area (Å²) >= 11 is 0. The topological polar surface area (TPSA) is 52.5 Å². The number of benzene rings is 1. The van der Waals surface area contributed by atoms with Gasteiger partial charge in [0.1, 0.15) is 11.6 Å². The SMILES string of the molecule is CC(NCC1(CO)CCCCC1)c1ccc(O)cc1F. The molecule has 1 atom stereocenters. The van der Waals surface area contributed by atoms with Gasteiger partial charge < -0.3 is 15.5 Å². The number of aliphatic hydroxyl groups excluding tert-OH is 1. The number of nitrogens with one attached hydrogen (secondary N) is 1. The van der Waals surface area contributed by atoms with Crippen LogP contribution in [0.25, 0.3) is 0 Å². The standard InChI is InChI=1S/C16H24FNO2/c1-12(14-6-5-13(20)9-15(14)17)18-10-16(11-19)7-3-2-4-8-16/h5-6,9,12,18-20H,2-4,7-8,10-11H2,1H3. The molecule has 3 nitrogen and oxygen atoms in total. The van der Waals surface area contributed by atoms with Gasteiger partial charge in [-0.05, 0) is 25.8 Å². The number of hydrogen-bond acceptors (Lipinski definition) is 3. The van der Waals surface area contributed by atoms with Crippen LogP contribution >= 0.6 is 0 Å². The van der Waals surface area contributed by atoms with Crippen molar-refractivity contribution >= 4 is 0 Å². The van der Waals surface area contributed by atoms with Gasteiger partial charge >= 0.3 is 0 Å². The van der Waals surface area contributed by atoms with E-state index in [4.69, 9.17) is 0 Å². The minimum Gasteiger partial charge on any atom is -0.508 e. The molecule has 0 heterocycles. The summed E-state index contributed by atoms with van der Waals surface area (Å²) in [6.07, 6.45) is 5.61. The van der Waals surface area contributed by atoms with Gasteiger partial charge in [-0.3, -0.25) is 0 Å². The molecule has 20 heavy (non-hydrogen) atoms. The van der Waals surface area contributed by atoms with E-state index in [1.807, 2.05) is 6.92 Å². The van der Waals surface area contributed by atoms with Gasteiger partial charge in [-0.15, -0.1) is 0 Å². The molecular weight excluding hydrogens is 257 g/mol. The van der Waals surface area contributed by atoms with Crippen molar-refractivity contribution in [3.05, 3.63) is 29.6 Å². The van der Waals surface area contributed by atoms with Crippen molar-refractivity contribution in [2.45, 2.75) is 45.1 Å². The van der Waals surface area contributed by atoms with Gasteiger partial charge in [0.05, 0.1) is 0 Å². The molecule has 0 spiro atoms. The van der Waals surface area contributed by atoms with Crippen molar-refractivity contribution < 1.29 is 14.6 Å². The van der Waals surface area contributed by atoms with E-state index in [-0.39, 0.29) is 23.8 Å². The highest BCUT2D eigenvalue weighted by atomic mass is 19.1. The molecule has 3 N–H and O–H groups in total. The average Bonchev–Trinajstić information content (AvgIpc) is 2.46. The zero-order valence-electron chi connectivity index (χ0n) is 12.0. The van der Waals surface area contributed by atoms with Gasteiger partial charge in [0, 0.05) is 36.2 Å². The number of phenols is 1. The first-order chi connectivity index (χ1) is 9.56. The zero-order valence-corrected chi connectivity index (χ0v) is 12.0. The van der Waals surface area contributed by atoms with E-state index in [1.54, 1.807) is 6.07 Å². The largest absolute Gasteiger partial charge is 0.508 e. The van der Waals surface area contributed by atoms with Crippen LogP contribution in [0.5, 0.6) is 5.75 Å². The minimum absolute atomic E-state index is 0.0556. The molecule has 1 fully saturated rings. The first kappa shape index (κ1) is 15.3. The van der Waals surface area contributed by atoms with E-state index in [2.05, 4.69) is 5.32 Å². The molecule has 2 rings (SSSR count). The Morgan fingerprint density at radius 1 is 1.30 bits per heavy atom. The molecular formula is C16H24FNO2. The first-order valence-corrected chi connectivity index (χ1v) is 7.39. The molecule has 1 aromatic rings. The molecule has 0 aromatic heterocycles. The Morgan fingerprint density at radius 3 is 2.60 bits per heavy atom. The summed E-state index contributed by atoms with van der Waals surface area (Å²) in [6.45, 7) is 2.79. The normalized spacial score (nSPS) is 19.8. The molecule has 1 aliphatic rings. The van der Waals surface area contributed by atoms with Crippen LogP contribution in [0.15, 0.2) is 18.2 Å². The van der Waals surface area contributed by atoms with Crippen molar-refractivity contribution in [2.24, 2.45) is 5.41 Å². The lowest BCUT2D eigenvalue weighted by Crippen LogP contribution is -2.40. The highest BCUT2D eigenvalue weighted by Crippen LogP contribution is 2.35. The fourth-order valence-corrected chi connectivity index (χ4v) is 3.04. The lowest BCUT2D eigenvalue weighted by atomic mass is 9.74. The van der Waals surface area contributed by atoms with Crippen LogP contribution in [-0.4, -0.2) is 23.4 Å². The predicted molar refractivity (Wildman–Crippen MR) is 77.1 cm³/mol. The Hall–Kier alpha value is -1.13. The third kappa shape index (κ3) is 3.49. The number of hydrogen-bond donors (Lipinski definition) is 3. The quantitative estimate of drug-likeness (QED) is 0.777. The van der Waals surface area contributed by atoms with Gasteiger partial charge in [-0.25, -0.2) is 4.39 Å². The summed E-state index contributed by atoms with van der Waals surface area (Å²) in [6, 6.07) is 4.10. The third-order valence-electron chi connectivity index (χ3n) is 4.48. The summed E-state index contributed by atoms with van der Waals surface area (Å²) in [5.41, 5.74) is 0.492. The Labute approximate surface area is 119 Å². The Bertz CT molecular complexity index is 444. The average molecular weight is 281 g/mol. The first-order valence-electron chi connectivity index (χ1n) is 7.39. The second-order valence-electron chi connectivity index (χ2n) is 6.03. The van der Waals surface area contributed by atoms with E-state index in [1.165, 1.54) is 12.5 Å². The van der Waals surface area contributed by atoms with Crippen LogP contribution in [0.1, 0.15) is 50.6 Å². The fourth-order valence-electron chi connectivity index (χ4n) is 3.04. The van der Waals surface area contributed by atoms with E-state index < -0.39 is 5.82 Å². The number of rotatable bonds is 5. The summed E-state index contributed by atoms with van der Waals surface area (Å²) in [5.74, 6) is -0.454. The van der Waals surface area contributed by atoms with Gasteiger partial charge in [0.15, 0.2) is 0 Å². The molecule has 1 aromatic carbocycles. The minimum atomic E-state index is -0.397. The van der Waals surface area contributed by atoms with Crippen LogP contribution in [0.3, 0.4) is 0 Å². The van der Waals surface area contributed by atoms with Gasteiger partial charge in [-0.2, -0.15) is 0 Å². The highest BCUT2D eigenvalue weighted by molar-refractivity contribution is 5.29. The predicted octanol–water partition coefficient (Wildman–Crippen LogP) is 3.12. The summed E-state index contributed by atoms with van der Waals surface area (Å²) in [7, 11) is 0. The Morgan fingerprint density at radius 2 is 2.00 bits per heavy atom. The maximum Gasteiger partial charge on any atom is 0.131 e. The maximum atomic E-state index is 13.8. The highest BCUT2D eigenvalue weighted by Gasteiger charge is 2.31. The smallest absolute Gasteiger partial charge is 0.131 e. The molecule has 0 aliphatic heterocycles. The van der Waals surface area contributed by atoms with E-state index in [0.29, 0.717) is 12.1 Å². The molecule has 0 radical (unpaired) electrons. The summed E-state index contributed by atoms with van der Waals surface area (Å²) in [4.78, 5) is 0. The van der Waals surface area contributed by atoms with Gasteiger partial charge in [0.25, 0.3) is 0 Å². The maximum absolute atomic E-state index is 13.8. The van der Waals surface area contributed by atoms with Crippen LogP contribution in [0, 0.1) is 11.2 Å². The fraction of sp³-hybridized carbons (Fsp3) is 0.625. The van der Waals surface area contributed by atoms with Gasteiger partial charge in [-0.1, -0.05) is 25.3 Å². The van der Waals surface area contributed by atoms with Crippen molar-refractivity contribution in [3.63, 3.8) is 0 Å². The Balaban J connectivity index is 1.98. The molecule has 4 heteroatoms. The van der Waals surface area contributed by atoms with E-state index in [9.17, 15) is 14.6 Å². The second-order valence-corrected chi connectivity index (χ2v) is 6.03. The van der Waals surface area contributed by atoms with Crippen molar-refractivity contribution in [3.8, 4) is 5.75 Å². The molecule has 0 bridgehead atoms. The number of phenolic OH excluding ortho intramolecular Hbond substituents is 1. The molecule has 1 aliphatic carbocycles. The molecule has 1 saturated carbocycles. The number of halogens is 1. The second kappa shape index (κ2) is 6.55. The van der Waals surface area contributed by atoms with Crippen molar-refractivity contribution in [1.29, 1.82) is 0 Å². The number of aliphatic hydroxyl groups is 1. The van der Waals surface area contributed by atoms with Crippen LogP contribution in [0.2, 0.25) is 0 Å². The third-order valence-corrected chi connectivity index (χ3v) is 4.48. The van der Waals surface area contributed by atoms with Crippen molar-refractivity contribution in [1.82, 2.24) is 5.32 Å². The Kier molecular flexibility index (Phi) is 5.00.